The van der Waals surface area contributed by atoms with E-state index in [2.05, 4.69) is 77.1 Å². The first-order valence-corrected chi connectivity index (χ1v) is 26.4. The molecule has 0 aliphatic heterocycles. The van der Waals surface area contributed by atoms with Gasteiger partial charge in [0.05, 0.1) is 28.3 Å². The predicted molar refractivity (Wildman–Crippen MR) is 284 cm³/mol. The van der Waals surface area contributed by atoms with Gasteiger partial charge in [-0.2, -0.15) is 10.2 Å². The zero-order valence-corrected chi connectivity index (χ0v) is 40.8. The van der Waals surface area contributed by atoms with E-state index in [1.54, 1.807) is 78.6 Å². The molecule has 71 heavy (non-hydrogen) atoms. The number of primary sulfonamides is 2. The van der Waals surface area contributed by atoms with E-state index >= 15 is 0 Å². The second-order valence-electron chi connectivity index (χ2n) is 15.7. The van der Waals surface area contributed by atoms with Crippen LogP contribution in [-0.4, -0.2) is 54.4 Å². The number of fused-ring (bicyclic) bond motifs is 2. The van der Waals surface area contributed by atoms with Gasteiger partial charge in [-0.1, -0.05) is 66.7 Å². The number of benzene rings is 6. The number of thiophene rings is 2. The number of aromatic amines is 2. The van der Waals surface area contributed by atoms with Gasteiger partial charge in [0, 0.05) is 78.0 Å². The van der Waals surface area contributed by atoms with E-state index in [0.29, 0.717) is 23.0 Å². The minimum Gasteiger partial charge on any atom is -0.508 e. The number of rotatable bonds is 11. The number of nitrogens with one attached hydrogen (secondary N) is 4. The van der Waals surface area contributed by atoms with Crippen LogP contribution in [0.3, 0.4) is 0 Å². The molecule has 9 N–H and O–H groups in total. The number of hydrogen-bond donors (Lipinski definition) is 7. The van der Waals surface area contributed by atoms with Crippen LogP contribution < -0.4 is 25.6 Å². The Labute approximate surface area is 416 Å². The van der Waals surface area contributed by atoms with Crippen LogP contribution in [0.25, 0.3) is 64.9 Å². The molecule has 11 rings (SSSR count). The van der Waals surface area contributed by atoms with Gasteiger partial charge in [0.2, 0.25) is 20.0 Å². The number of methoxy groups -OCH3 is 1. The van der Waals surface area contributed by atoms with Gasteiger partial charge in [0.1, 0.15) is 11.5 Å². The fraction of sp³-hybridized carbons (Fsp3) is 0.0192. The average Bonchev–Trinajstić information content (AvgIpc) is 4.22. The van der Waals surface area contributed by atoms with Crippen LogP contribution in [0.2, 0.25) is 0 Å². The molecule has 0 amide bonds. The average molecular weight is 1020 g/mol. The van der Waals surface area contributed by atoms with Crippen LogP contribution in [-0.2, 0) is 20.0 Å². The summed E-state index contributed by atoms with van der Waals surface area (Å²) in [5.74, 6) is 2.28. The summed E-state index contributed by atoms with van der Waals surface area (Å²) >= 11 is 3.32. The Bertz CT molecular complexity index is 3810. The highest BCUT2D eigenvalue weighted by molar-refractivity contribution is 7.89. The van der Waals surface area contributed by atoms with Crippen LogP contribution in [0.4, 0.5) is 23.0 Å². The summed E-state index contributed by atoms with van der Waals surface area (Å²) in [7, 11) is -5.78. The molecule has 15 nitrogen and oxygen atoms in total. The number of phenolic OH excluding ortho intramolecular Hbond substituents is 1. The first kappa shape index (κ1) is 47.9. The number of aromatic nitrogens is 5. The molecule has 0 aliphatic rings. The lowest BCUT2D eigenvalue weighted by Crippen LogP contribution is -2.11. The first-order valence-electron chi connectivity index (χ1n) is 21.5. The summed E-state index contributed by atoms with van der Waals surface area (Å²) in [6, 6.07) is 49.5. The molecule has 5 aromatic heterocycles. The maximum atomic E-state index is 11.4. The van der Waals surface area contributed by atoms with Crippen LogP contribution in [0.15, 0.2) is 197 Å². The van der Waals surface area contributed by atoms with Crippen molar-refractivity contribution in [1.29, 1.82) is 0 Å². The molecule has 5 heterocycles. The lowest BCUT2D eigenvalue weighted by Gasteiger charge is -2.06. The Morgan fingerprint density at radius 3 is 1.42 bits per heavy atom. The third-order valence-corrected chi connectivity index (χ3v) is 14.9. The standard InChI is InChI=1S/C24H20N4O3S2.C23H18N4O3S2.C5H5N/c1-31-17-5-2-4-15(12-17)19-6-3-7-20-21(14-32-24(19)20)22-13-23(28-27-22)26-16-8-10-18(11-9-16)33(25,29)30;24-32(29,30)17-9-7-15(8-10-17)25-22-12-21(26-27-22)20-13-31-23-18(5-2-6-19(20)23)14-3-1-4-16(28)11-14;1-2-4-6-5-3-1/h2-14H,1H3,(H2,25,29,30)(H2,26,27,28);1-13,28H,(H2,24,29,30)(H2,25,26,27);1-5H. The fourth-order valence-corrected chi connectivity index (χ4v) is 10.8. The summed E-state index contributed by atoms with van der Waals surface area (Å²) < 4.78 is 53.3. The van der Waals surface area contributed by atoms with Gasteiger partial charge in [0.25, 0.3) is 0 Å². The molecular weight excluding hydrogens is 975 g/mol. The maximum absolute atomic E-state index is 11.4. The lowest BCUT2D eigenvalue weighted by atomic mass is 10.0. The number of phenols is 1. The Kier molecular flexibility index (Phi) is 14.0. The number of anilines is 4. The molecule has 19 heteroatoms. The quantitative estimate of drug-likeness (QED) is 0.0642. The van der Waals surface area contributed by atoms with E-state index in [1.807, 2.05) is 72.8 Å². The van der Waals surface area contributed by atoms with Crippen molar-refractivity contribution in [3.63, 3.8) is 0 Å². The van der Waals surface area contributed by atoms with Crippen molar-refractivity contribution in [2.24, 2.45) is 10.3 Å². The molecule has 0 radical (unpaired) electrons. The summed E-state index contributed by atoms with van der Waals surface area (Å²) in [4.78, 5) is 3.90. The third-order valence-electron chi connectivity index (χ3n) is 11.0. The van der Waals surface area contributed by atoms with Gasteiger partial charge in [-0.25, -0.2) is 27.1 Å². The number of hydrogen-bond acceptors (Lipinski definition) is 13. The largest absolute Gasteiger partial charge is 0.508 e. The van der Waals surface area contributed by atoms with Gasteiger partial charge in [-0.05, 0) is 107 Å². The minimum atomic E-state index is -3.73. The SMILES string of the molecule is COc1cccc(-c2cccc3c(-c4cc(Nc5ccc(S(N)(=O)=O)cc5)n[nH]4)csc23)c1.NS(=O)(=O)c1ccc(Nc2cc(-c3csc4c(-c5cccc(O)c5)cccc34)[nH]n2)cc1.c1ccncc1. The van der Waals surface area contributed by atoms with E-state index < -0.39 is 20.0 Å². The Hall–Kier alpha value is -8.17. The van der Waals surface area contributed by atoms with E-state index in [4.69, 9.17) is 15.0 Å². The highest BCUT2D eigenvalue weighted by atomic mass is 32.2. The van der Waals surface area contributed by atoms with E-state index in [1.165, 1.54) is 29.0 Å². The highest BCUT2D eigenvalue weighted by Crippen LogP contribution is 2.42. The van der Waals surface area contributed by atoms with Gasteiger partial charge in [0.15, 0.2) is 11.6 Å². The van der Waals surface area contributed by atoms with Crippen molar-refractivity contribution in [1.82, 2.24) is 25.4 Å². The molecule has 0 saturated carbocycles. The summed E-state index contributed by atoms with van der Waals surface area (Å²) in [6.07, 6.45) is 3.50. The maximum Gasteiger partial charge on any atom is 0.238 e. The molecule has 0 aliphatic carbocycles. The molecular formula is C52H43N9O6S4. The van der Waals surface area contributed by atoms with Crippen molar-refractivity contribution in [3.05, 3.63) is 187 Å². The van der Waals surface area contributed by atoms with Crippen LogP contribution in [0, 0.1) is 0 Å². The number of ether oxygens (including phenoxy) is 1. The zero-order chi connectivity index (χ0) is 49.5. The van der Waals surface area contributed by atoms with Crippen molar-refractivity contribution in [2.45, 2.75) is 9.79 Å². The normalized spacial score (nSPS) is 11.3. The number of nitrogens with two attached hydrogens (primary N) is 2. The lowest BCUT2D eigenvalue weighted by molar-refractivity contribution is 0.415. The third kappa shape index (κ3) is 11.3. The smallest absolute Gasteiger partial charge is 0.238 e. The van der Waals surface area contributed by atoms with E-state index in [0.717, 1.165) is 66.0 Å². The molecule has 0 unspecified atom stereocenters. The van der Waals surface area contributed by atoms with Gasteiger partial charge in [-0.3, -0.25) is 15.2 Å². The zero-order valence-electron chi connectivity index (χ0n) is 37.5. The number of aromatic hydroxyl groups is 1. The second kappa shape index (κ2) is 20.8. The molecule has 0 atom stereocenters. The highest BCUT2D eigenvalue weighted by Gasteiger charge is 2.16. The first-order chi connectivity index (χ1) is 34.3. The number of pyridine rings is 1. The van der Waals surface area contributed by atoms with Crippen LogP contribution in [0.1, 0.15) is 0 Å². The Morgan fingerprint density at radius 2 is 1.00 bits per heavy atom. The van der Waals surface area contributed by atoms with Crippen LogP contribution >= 0.6 is 22.7 Å². The van der Waals surface area contributed by atoms with E-state index in [-0.39, 0.29) is 15.5 Å². The molecule has 0 spiro atoms. The molecule has 0 bridgehead atoms. The molecule has 0 fully saturated rings. The molecule has 11 aromatic rings. The fourth-order valence-electron chi connectivity index (χ4n) is 7.56. The summed E-state index contributed by atoms with van der Waals surface area (Å²) in [5, 5.41) is 47.7. The summed E-state index contributed by atoms with van der Waals surface area (Å²) in [6.45, 7) is 0. The van der Waals surface area contributed by atoms with Crippen LogP contribution in [0.5, 0.6) is 11.5 Å². The summed E-state index contributed by atoms with van der Waals surface area (Å²) in [5.41, 5.74) is 9.48. The number of sulfonamides is 2. The Morgan fingerprint density at radius 1 is 0.535 bits per heavy atom. The predicted octanol–water partition coefficient (Wildman–Crippen LogP) is 11.5. The van der Waals surface area contributed by atoms with Crippen molar-refractivity contribution in [3.8, 4) is 56.3 Å². The van der Waals surface area contributed by atoms with Gasteiger partial charge >= 0.3 is 0 Å². The van der Waals surface area contributed by atoms with Gasteiger partial charge in [-0.15, -0.1) is 22.7 Å². The number of nitrogens with zero attached hydrogens (tertiary/aromatic N) is 3. The van der Waals surface area contributed by atoms with Crippen molar-refractivity contribution < 1.29 is 26.7 Å². The monoisotopic (exact) mass is 1020 g/mol. The second-order valence-corrected chi connectivity index (χ2v) is 20.6. The van der Waals surface area contributed by atoms with E-state index in [9.17, 15) is 21.9 Å². The topological polar surface area (TPSA) is 244 Å². The minimum absolute atomic E-state index is 0.0537. The Balaban J connectivity index is 0.000000157. The van der Waals surface area contributed by atoms with Crippen molar-refractivity contribution >= 4 is 85.9 Å². The van der Waals surface area contributed by atoms with Gasteiger partial charge < -0.3 is 20.5 Å². The molecule has 356 valence electrons. The molecule has 0 saturated heterocycles. The number of H-pyrrole nitrogens is 2. The van der Waals surface area contributed by atoms with Crippen molar-refractivity contribution in [2.75, 3.05) is 17.7 Å². The molecule has 6 aromatic carbocycles.